The molecular formula is C22H17F3N4O6S. The van der Waals surface area contributed by atoms with Crippen LogP contribution in [0.3, 0.4) is 0 Å². The second-order valence-corrected chi connectivity index (χ2v) is 7.86. The number of nitrogens with one attached hydrogen (secondary N) is 1. The lowest BCUT2D eigenvalue weighted by Gasteiger charge is -2.10. The summed E-state index contributed by atoms with van der Waals surface area (Å²) in [5.74, 6) is -3.06. The SMILES string of the molecule is Cn1nc(OCC(=O)Nc2ccccc2O)c2scc(-c3ccncc3)c2c1=O.O=C(O)C(F)(F)F. The zero-order valence-electron chi connectivity index (χ0n) is 18.3. The van der Waals surface area contributed by atoms with Crippen LogP contribution in [-0.4, -0.2) is 49.6 Å². The number of aliphatic carboxylic acids is 1. The Hall–Kier alpha value is -4.46. The number of benzene rings is 1. The van der Waals surface area contributed by atoms with E-state index >= 15 is 0 Å². The Morgan fingerprint density at radius 1 is 1.17 bits per heavy atom. The molecule has 3 N–H and O–H groups in total. The fourth-order valence-electron chi connectivity index (χ4n) is 2.85. The summed E-state index contributed by atoms with van der Waals surface area (Å²) in [7, 11) is 1.53. The van der Waals surface area contributed by atoms with E-state index in [9.17, 15) is 27.9 Å². The van der Waals surface area contributed by atoms with Gasteiger partial charge in [-0.05, 0) is 29.8 Å². The molecule has 3 aromatic heterocycles. The molecule has 4 rings (SSSR count). The molecule has 0 aliphatic carbocycles. The van der Waals surface area contributed by atoms with Crippen LogP contribution >= 0.6 is 11.3 Å². The molecule has 4 aromatic rings. The van der Waals surface area contributed by atoms with Crippen molar-refractivity contribution in [3.63, 3.8) is 0 Å². The summed E-state index contributed by atoms with van der Waals surface area (Å²) < 4.78 is 39.1. The first-order valence-electron chi connectivity index (χ1n) is 9.88. The zero-order chi connectivity index (χ0) is 26.5. The van der Waals surface area contributed by atoms with Gasteiger partial charge in [0.25, 0.3) is 11.5 Å². The molecule has 3 heterocycles. The number of phenolic OH excluding ortho intramolecular Hbond substituents is 1. The monoisotopic (exact) mass is 522 g/mol. The van der Waals surface area contributed by atoms with E-state index in [1.165, 1.54) is 29.1 Å². The molecular weight excluding hydrogens is 505 g/mol. The van der Waals surface area contributed by atoms with Crippen LogP contribution in [0, 0.1) is 0 Å². The van der Waals surface area contributed by atoms with E-state index in [0.717, 1.165) is 11.1 Å². The van der Waals surface area contributed by atoms with Gasteiger partial charge in [-0.3, -0.25) is 14.6 Å². The van der Waals surface area contributed by atoms with Crippen molar-refractivity contribution < 1.29 is 37.7 Å². The smallest absolute Gasteiger partial charge is 0.490 e. The van der Waals surface area contributed by atoms with Crippen molar-refractivity contribution in [2.75, 3.05) is 11.9 Å². The van der Waals surface area contributed by atoms with Crippen molar-refractivity contribution in [3.05, 3.63) is 64.5 Å². The van der Waals surface area contributed by atoms with Crippen molar-refractivity contribution in [1.29, 1.82) is 0 Å². The number of alkyl halides is 3. The fourth-order valence-corrected chi connectivity index (χ4v) is 3.86. The number of ether oxygens (including phenoxy) is 1. The number of carboxylic acid groups (broad SMARTS) is 1. The number of thiophene rings is 1. The number of carbonyl (C=O) groups is 2. The lowest BCUT2D eigenvalue weighted by molar-refractivity contribution is -0.192. The molecule has 0 atom stereocenters. The highest BCUT2D eigenvalue weighted by Gasteiger charge is 2.38. The van der Waals surface area contributed by atoms with Crippen LogP contribution in [0.2, 0.25) is 0 Å². The second-order valence-electron chi connectivity index (χ2n) is 6.98. The first-order valence-corrected chi connectivity index (χ1v) is 10.8. The third kappa shape index (κ3) is 6.15. The van der Waals surface area contributed by atoms with Gasteiger partial charge in [0.1, 0.15) is 10.4 Å². The van der Waals surface area contributed by atoms with Crippen molar-refractivity contribution in [3.8, 4) is 22.8 Å². The third-order valence-corrected chi connectivity index (χ3v) is 5.45. The standard InChI is InChI=1S/C20H16N4O4S.C2HF3O2/c1-24-20(27)17-13(12-6-8-21-9-7-12)11-29-18(17)19(23-24)28-10-16(26)22-14-4-2-3-5-15(14)25;3-2(4,5)1(6)7/h2-9,11,25H,10H2,1H3,(H,22,26);(H,6,7). The average molecular weight is 522 g/mol. The third-order valence-electron chi connectivity index (χ3n) is 4.49. The van der Waals surface area contributed by atoms with E-state index in [4.69, 9.17) is 14.6 Å². The quantitative estimate of drug-likeness (QED) is 0.339. The molecule has 0 unspecified atom stereocenters. The number of rotatable bonds is 5. The van der Waals surface area contributed by atoms with Crippen molar-refractivity contribution in [2.45, 2.75) is 6.18 Å². The van der Waals surface area contributed by atoms with Crippen molar-refractivity contribution in [1.82, 2.24) is 14.8 Å². The summed E-state index contributed by atoms with van der Waals surface area (Å²) in [6.45, 7) is -0.322. The number of para-hydroxylation sites is 2. The number of fused-ring (bicyclic) bond motifs is 1. The van der Waals surface area contributed by atoms with E-state index in [0.29, 0.717) is 10.1 Å². The van der Waals surface area contributed by atoms with Gasteiger partial charge in [-0.25, -0.2) is 9.48 Å². The summed E-state index contributed by atoms with van der Waals surface area (Å²) in [6, 6.07) is 10.0. The number of aromatic nitrogens is 3. The molecule has 0 saturated heterocycles. The highest BCUT2D eigenvalue weighted by atomic mass is 32.1. The number of carboxylic acids is 1. The second kappa shape index (κ2) is 10.9. The summed E-state index contributed by atoms with van der Waals surface area (Å²) >= 11 is 1.32. The van der Waals surface area contributed by atoms with Gasteiger partial charge in [0, 0.05) is 30.4 Å². The van der Waals surface area contributed by atoms with E-state index in [1.807, 2.05) is 17.5 Å². The van der Waals surface area contributed by atoms with E-state index in [-0.39, 0.29) is 29.5 Å². The van der Waals surface area contributed by atoms with Crippen molar-refractivity contribution >= 4 is 39.0 Å². The number of nitrogens with zero attached hydrogens (tertiary/aromatic N) is 3. The first-order chi connectivity index (χ1) is 17.0. The molecule has 0 saturated carbocycles. The largest absolute Gasteiger partial charge is 0.506 e. The molecule has 1 aromatic carbocycles. The Morgan fingerprint density at radius 2 is 1.81 bits per heavy atom. The Labute approximate surface area is 204 Å². The van der Waals surface area contributed by atoms with Gasteiger partial charge >= 0.3 is 12.1 Å². The predicted octanol–water partition coefficient (Wildman–Crippen LogP) is 3.41. The van der Waals surface area contributed by atoms with Crippen LogP contribution in [-0.2, 0) is 16.6 Å². The summed E-state index contributed by atoms with van der Waals surface area (Å²) in [4.78, 5) is 37.8. The van der Waals surface area contributed by atoms with Crippen LogP contribution in [0.4, 0.5) is 18.9 Å². The first kappa shape index (κ1) is 26.2. The average Bonchev–Trinajstić information content (AvgIpc) is 3.28. The summed E-state index contributed by atoms with van der Waals surface area (Å²) in [6.07, 6.45) is -1.77. The lowest BCUT2D eigenvalue weighted by Crippen LogP contribution is -2.23. The lowest BCUT2D eigenvalue weighted by atomic mass is 10.1. The molecule has 188 valence electrons. The Bertz CT molecular complexity index is 1450. The summed E-state index contributed by atoms with van der Waals surface area (Å²) in [5, 5.41) is 25.9. The van der Waals surface area contributed by atoms with Crippen LogP contribution < -0.4 is 15.6 Å². The number of amides is 1. The maximum Gasteiger partial charge on any atom is 0.490 e. The minimum atomic E-state index is -5.08. The fraction of sp³-hybridized carbons (Fsp3) is 0.136. The van der Waals surface area contributed by atoms with Gasteiger partial charge in [-0.1, -0.05) is 12.1 Å². The van der Waals surface area contributed by atoms with Gasteiger partial charge in [0.15, 0.2) is 6.61 Å². The van der Waals surface area contributed by atoms with Gasteiger partial charge in [0.05, 0.1) is 11.1 Å². The number of aryl methyl sites for hydroxylation is 1. The van der Waals surface area contributed by atoms with E-state index in [1.54, 1.807) is 30.6 Å². The Balaban J connectivity index is 0.000000454. The maximum absolute atomic E-state index is 12.7. The highest BCUT2D eigenvalue weighted by Crippen LogP contribution is 2.35. The van der Waals surface area contributed by atoms with Crippen LogP contribution in [0.1, 0.15) is 0 Å². The number of carbonyl (C=O) groups excluding carboxylic acids is 1. The predicted molar refractivity (Wildman–Crippen MR) is 124 cm³/mol. The number of phenols is 1. The van der Waals surface area contributed by atoms with E-state index < -0.39 is 18.1 Å². The molecule has 0 aliphatic rings. The normalized spacial score (nSPS) is 10.9. The van der Waals surface area contributed by atoms with Gasteiger partial charge < -0.3 is 20.3 Å². The minimum Gasteiger partial charge on any atom is -0.506 e. The highest BCUT2D eigenvalue weighted by molar-refractivity contribution is 7.18. The molecule has 14 heteroatoms. The molecule has 0 radical (unpaired) electrons. The molecule has 0 aliphatic heterocycles. The Morgan fingerprint density at radius 3 is 2.42 bits per heavy atom. The zero-order valence-corrected chi connectivity index (χ0v) is 19.1. The van der Waals surface area contributed by atoms with Gasteiger partial charge in [-0.15, -0.1) is 16.4 Å². The minimum absolute atomic E-state index is 0.0382. The number of hydrogen-bond donors (Lipinski definition) is 3. The molecule has 0 bridgehead atoms. The number of pyridine rings is 1. The number of hydrogen-bond acceptors (Lipinski definition) is 8. The molecule has 0 spiro atoms. The van der Waals surface area contributed by atoms with Gasteiger partial charge in [0.2, 0.25) is 5.88 Å². The Kier molecular flexibility index (Phi) is 7.89. The number of anilines is 1. The molecule has 10 nitrogen and oxygen atoms in total. The maximum atomic E-state index is 12.7. The van der Waals surface area contributed by atoms with Crippen molar-refractivity contribution in [2.24, 2.45) is 7.05 Å². The van der Waals surface area contributed by atoms with Crippen LogP contribution in [0.5, 0.6) is 11.6 Å². The molecule has 0 fully saturated rings. The van der Waals surface area contributed by atoms with Crippen LogP contribution in [0.15, 0.2) is 59.0 Å². The van der Waals surface area contributed by atoms with Crippen LogP contribution in [0.25, 0.3) is 21.2 Å². The van der Waals surface area contributed by atoms with Gasteiger partial charge in [-0.2, -0.15) is 13.2 Å². The van der Waals surface area contributed by atoms with E-state index in [2.05, 4.69) is 15.4 Å². The molecule has 36 heavy (non-hydrogen) atoms. The molecule has 1 amide bonds. The topological polar surface area (TPSA) is 144 Å². The summed E-state index contributed by atoms with van der Waals surface area (Å²) in [5.41, 5.74) is 1.66. The number of aromatic hydroxyl groups is 1. The number of halogens is 3.